The number of hydrogen-bond acceptors (Lipinski definition) is 13. The Morgan fingerprint density at radius 3 is 1.07 bits per heavy atom. The molecule has 1 amide bonds. The summed E-state index contributed by atoms with van der Waals surface area (Å²) >= 11 is 0. The molecule has 2 saturated heterocycles. The van der Waals surface area contributed by atoms with Crippen LogP contribution >= 0.6 is 0 Å². The Morgan fingerprint density at radius 1 is 0.359 bits per heavy atom. The van der Waals surface area contributed by atoms with Crippen molar-refractivity contribution in [1.29, 1.82) is 0 Å². The molecule has 12 atom stereocenters. The van der Waals surface area contributed by atoms with Gasteiger partial charge in [-0.2, -0.15) is 0 Å². The Bertz CT molecular complexity index is 2250. The van der Waals surface area contributed by atoms with Crippen LogP contribution in [0.5, 0.6) is 0 Å². The average Bonchev–Trinajstić information content (AvgIpc) is 0.791. The number of carbonyl (C=O) groups is 1. The van der Waals surface area contributed by atoms with Gasteiger partial charge in [-0.15, -0.1) is 0 Å². The second-order valence-electron chi connectivity index (χ2n) is 28.9. The molecule has 0 aromatic rings. The molecule has 0 aliphatic carbocycles. The minimum Gasteiger partial charge on any atom is -0.394 e. The molecule has 0 saturated carbocycles. The molecule has 2 aliphatic heterocycles. The van der Waals surface area contributed by atoms with Crippen LogP contribution in [0.1, 0.15) is 328 Å². The third-order valence-corrected chi connectivity index (χ3v) is 19.6. The summed E-state index contributed by atoms with van der Waals surface area (Å²) in [7, 11) is 0. The molecular weight excluding hydrogens is 1290 g/mol. The summed E-state index contributed by atoms with van der Waals surface area (Å²) in [6.45, 7) is 2.70. The monoisotopic (exact) mass is 1440 g/mol. The molecule has 2 heterocycles. The third kappa shape index (κ3) is 53.6. The van der Waals surface area contributed by atoms with Crippen LogP contribution in [-0.2, 0) is 23.7 Å². The van der Waals surface area contributed by atoms with E-state index in [2.05, 4.69) is 141 Å². The number of allylic oxidation sites excluding steroid dienone is 21. The second kappa shape index (κ2) is 71.1. The molecule has 0 spiro atoms. The van der Waals surface area contributed by atoms with Gasteiger partial charge in [0, 0.05) is 6.42 Å². The summed E-state index contributed by atoms with van der Waals surface area (Å²) in [6.07, 6.45) is 89.6. The molecule has 0 bridgehead atoms. The number of aliphatic hydroxyl groups is 8. The highest BCUT2D eigenvalue weighted by molar-refractivity contribution is 5.76. The zero-order valence-electron chi connectivity index (χ0n) is 65.0. The molecule has 9 N–H and O–H groups in total. The summed E-state index contributed by atoms with van der Waals surface area (Å²) in [4.78, 5) is 13.4. The van der Waals surface area contributed by atoms with E-state index >= 15 is 0 Å². The van der Waals surface area contributed by atoms with Crippen LogP contribution in [0.3, 0.4) is 0 Å². The van der Waals surface area contributed by atoms with Crippen LogP contribution in [0.25, 0.3) is 0 Å². The third-order valence-electron chi connectivity index (χ3n) is 19.6. The predicted octanol–water partition coefficient (Wildman–Crippen LogP) is 19.7. The molecular formula is C89H153NO13. The summed E-state index contributed by atoms with van der Waals surface area (Å²) in [5.41, 5.74) is 0. The van der Waals surface area contributed by atoms with Gasteiger partial charge in [0.05, 0.1) is 32.0 Å². The van der Waals surface area contributed by atoms with Crippen LogP contribution in [0.15, 0.2) is 134 Å². The number of hydrogen-bond donors (Lipinski definition) is 9. The fourth-order valence-corrected chi connectivity index (χ4v) is 13.0. The lowest BCUT2D eigenvalue weighted by molar-refractivity contribution is -0.359. The Morgan fingerprint density at radius 2 is 0.680 bits per heavy atom. The van der Waals surface area contributed by atoms with E-state index in [0.717, 1.165) is 103 Å². The summed E-state index contributed by atoms with van der Waals surface area (Å²) in [5.74, 6) is -0.257. The lowest BCUT2D eigenvalue weighted by atomic mass is 9.97. The van der Waals surface area contributed by atoms with Gasteiger partial charge in [0.15, 0.2) is 12.6 Å². The van der Waals surface area contributed by atoms with Crippen molar-refractivity contribution in [3.8, 4) is 0 Å². The van der Waals surface area contributed by atoms with Crippen molar-refractivity contribution in [2.45, 2.75) is 402 Å². The molecule has 2 rings (SSSR count). The molecule has 2 aliphatic rings. The number of carbonyl (C=O) groups excluding carboxylic acids is 1. The molecule has 103 heavy (non-hydrogen) atoms. The SMILES string of the molecule is CC/C=C\C/C=C\C/C=C\C/C=C\C/C=C\C/C=C\C/C=C\C/C=C\C/C=C\CCCCCCCCCCCC(=O)NC(COC1OC(CO)C(OC2OC(CO)C(O)C(O)C2O)C(O)C1O)C(O)/C=C/CC/C=C/CCCCCCCCCCCCCCCCCCCCCCCCCCCC. The Hall–Kier alpha value is -3.87. The lowest BCUT2D eigenvalue weighted by Crippen LogP contribution is -2.65. The summed E-state index contributed by atoms with van der Waals surface area (Å²) in [5, 5.41) is 87.7. The Kier molecular flexibility index (Phi) is 65.7. The van der Waals surface area contributed by atoms with Crippen molar-refractivity contribution in [1.82, 2.24) is 5.32 Å². The van der Waals surface area contributed by atoms with Crippen LogP contribution in [0, 0.1) is 0 Å². The molecule has 0 aromatic carbocycles. The number of amides is 1. The van der Waals surface area contributed by atoms with Crippen molar-refractivity contribution in [2.24, 2.45) is 0 Å². The van der Waals surface area contributed by atoms with Crippen LogP contribution in [0.4, 0.5) is 0 Å². The highest BCUT2D eigenvalue weighted by Crippen LogP contribution is 2.30. The zero-order valence-corrected chi connectivity index (χ0v) is 65.0. The van der Waals surface area contributed by atoms with E-state index in [-0.39, 0.29) is 18.9 Å². The average molecular weight is 1450 g/mol. The molecule has 14 nitrogen and oxygen atoms in total. The van der Waals surface area contributed by atoms with E-state index in [1.807, 2.05) is 6.08 Å². The van der Waals surface area contributed by atoms with E-state index < -0.39 is 86.8 Å². The zero-order chi connectivity index (χ0) is 74.4. The second-order valence-corrected chi connectivity index (χ2v) is 28.9. The first-order chi connectivity index (χ1) is 50.6. The number of rotatable bonds is 69. The molecule has 0 aromatic heterocycles. The quantitative estimate of drug-likeness (QED) is 0.0204. The maximum atomic E-state index is 13.4. The minimum absolute atomic E-state index is 0.257. The van der Waals surface area contributed by atoms with Crippen molar-refractivity contribution in [3.05, 3.63) is 134 Å². The van der Waals surface area contributed by atoms with Gasteiger partial charge >= 0.3 is 0 Å². The van der Waals surface area contributed by atoms with E-state index in [0.29, 0.717) is 12.8 Å². The number of ether oxygens (including phenoxy) is 4. The standard InChI is InChI=1S/C89H153NO13/c1-3-5-7-9-11-13-15-17-19-21-23-25-27-29-31-33-35-37-38-39-40-41-43-45-47-49-51-53-55-57-59-61-63-65-67-69-71-73-81(94)90-77(76-100-88-86(99)84(97)87(80(75-92)102-88)103-89-85(98)83(96)82(95)79(74-91)101-89)78(93)72-70-68-66-64-62-60-58-56-54-52-50-48-46-44-42-36-34-32-30-28-26-24-22-20-18-16-14-12-10-8-6-4-2/h5,7,11,13,17,19,23,25,29,31,35,37,39-40,43,45,49,51,62,64,70,72,77-80,82-89,91-93,95-99H,3-4,6,8-10,12,14-16,18,20-22,24,26-28,30,32-34,36,38,41-42,44,46-48,50,52-61,63,65-69,71,73-76H2,1-2H3,(H,90,94)/b7-5-,13-11-,19-17-,25-23-,31-29-,37-35-,40-39-,45-43-,51-49-,64-62+,72-70+. The van der Waals surface area contributed by atoms with Gasteiger partial charge in [-0.25, -0.2) is 0 Å². The van der Waals surface area contributed by atoms with E-state index in [4.69, 9.17) is 18.9 Å². The molecule has 0 radical (unpaired) electrons. The smallest absolute Gasteiger partial charge is 0.220 e. The van der Waals surface area contributed by atoms with Crippen molar-refractivity contribution in [3.63, 3.8) is 0 Å². The van der Waals surface area contributed by atoms with E-state index in [9.17, 15) is 45.6 Å². The Balaban J connectivity index is 1.63. The largest absolute Gasteiger partial charge is 0.394 e. The number of aliphatic hydroxyl groups excluding tert-OH is 8. The topological polar surface area (TPSA) is 228 Å². The fraction of sp³-hybridized carbons (Fsp3) is 0.742. The summed E-state index contributed by atoms with van der Waals surface area (Å²) in [6, 6.07) is -0.947. The van der Waals surface area contributed by atoms with Crippen LogP contribution in [-0.4, -0.2) is 140 Å². The molecule has 2 fully saturated rings. The highest BCUT2D eigenvalue weighted by Gasteiger charge is 2.51. The van der Waals surface area contributed by atoms with Crippen molar-refractivity contribution < 1.29 is 64.6 Å². The first kappa shape index (κ1) is 95.2. The lowest BCUT2D eigenvalue weighted by Gasteiger charge is -2.46. The molecule has 14 heteroatoms. The van der Waals surface area contributed by atoms with Gasteiger partial charge in [0.2, 0.25) is 5.91 Å². The highest BCUT2D eigenvalue weighted by atomic mass is 16.7. The normalized spacial score (nSPS) is 22.3. The van der Waals surface area contributed by atoms with Gasteiger partial charge in [0.25, 0.3) is 0 Å². The summed E-state index contributed by atoms with van der Waals surface area (Å²) < 4.78 is 22.9. The predicted molar refractivity (Wildman–Crippen MR) is 428 cm³/mol. The molecule has 592 valence electrons. The maximum Gasteiger partial charge on any atom is 0.220 e. The molecule has 12 unspecified atom stereocenters. The van der Waals surface area contributed by atoms with Gasteiger partial charge in [-0.1, -0.05) is 353 Å². The van der Waals surface area contributed by atoms with E-state index in [1.54, 1.807) is 6.08 Å². The van der Waals surface area contributed by atoms with Gasteiger partial charge in [-0.05, 0) is 103 Å². The minimum atomic E-state index is -1.80. The van der Waals surface area contributed by atoms with Crippen LogP contribution in [0.2, 0.25) is 0 Å². The fourth-order valence-electron chi connectivity index (χ4n) is 13.0. The maximum absolute atomic E-state index is 13.4. The van der Waals surface area contributed by atoms with Gasteiger partial charge in [0.1, 0.15) is 48.8 Å². The number of unbranched alkanes of at least 4 members (excludes halogenated alkanes) is 36. The van der Waals surface area contributed by atoms with Crippen molar-refractivity contribution >= 4 is 5.91 Å². The Labute approximate surface area is 628 Å². The van der Waals surface area contributed by atoms with E-state index in [1.165, 1.54) is 193 Å². The first-order valence-electron chi connectivity index (χ1n) is 41.9. The van der Waals surface area contributed by atoms with Gasteiger partial charge in [-0.3, -0.25) is 4.79 Å². The van der Waals surface area contributed by atoms with Crippen molar-refractivity contribution in [2.75, 3.05) is 19.8 Å². The first-order valence-corrected chi connectivity index (χ1v) is 41.9. The van der Waals surface area contributed by atoms with Gasteiger partial charge < -0.3 is 65.1 Å². The number of nitrogens with one attached hydrogen (secondary N) is 1. The van der Waals surface area contributed by atoms with Crippen LogP contribution < -0.4 is 5.32 Å².